The summed E-state index contributed by atoms with van der Waals surface area (Å²) in [6.45, 7) is 1.62. The molecule has 1 unspecified atom stereocenters. The van der Waals surface area contributed by atoms with E-state index in [2.05, 4.69) is 21.6 Å². The minimum absolute atomic E-state index is 0.0952. The Balaban J connectivity index is 1.57. The third-order valence-electron chi connectivity index (χ3n) is 5.02. The van der Waals surface area contributed by atoms with Gasteiger partial charge in [0.2, 0.25) is 10.0 Å². The molecule has 1 aliphatic rings. The van der Waals surface area contributed by atoms with E-state index in [4.69, 9.17) is 0 Å². The van der Waals surface area contributed by atoms with Crippen molar-refractivity contribution in [1.29, 1.82) is 0 Å². The molecule has 0 aliphatic carbocycles. The number of rotatable bonds is 7. The molecule has 0 radical (unpaired) electrons. The zero-order chi connectivity index (χ0) is 20.9. The van der Waals surface area contributed by atoms with Crippen LogP contribution in [-0.4, -0.2) is 57.4 Å². The molecule has 2 aromatic rings. The van der Waals surface area contributed by atoms with Gasteiger partial charge in [-0.25, -0.2) is 13.2 Å². The summed E-state index contributed by atoms with van der Waals surface area (Å²) in [5.74, 6) is 0. The number of carbonyl (C=O) groups is 1. The summed E-state index contributed by atoms with van der Waals surface area (Å²) >= 11 is 1.66. The van der Waals surface area contributed by atoms with Crippen LogP contribution in [-0.2, 0) is 10.0 Å². The van der Waals surface area contributed by atoms with Gasteiger partial charge in [0.1, 0.15) is 0 Å². The number of sulfonamides is 1. The van der Waals surface area contributed by atoms with Gasteiger partial charge in [0.25, 0.3) is 0 Å². The van der Waals surface area contributed by atoms with Gasteiger partial charge in [-0.05, 0) is 62.6 Å². The smallest absolute Gasteiger partial charge is 0.319 e. The molecule has 158 valence electrons. The molecule has 7 nitrogen and oxygen atoms in total. The zero-order valence-electron chi connectivity index (χ0n) is 16.8. The number of hydrogen-bond acceptors (Lipinski definition) is 5. The summed E-state index contributed by atoms with van der Waals surface area (Å²) in [5, 5.41) is 7.67. The highest BCUT2D eigenvalue weighted by molar-refractivity contribution is 7.89. The summed E-state index contributed by atoms with van der Waals surface area (Å²) in [6, 6.07) is 10.2. The number of hydrogen-bond donors (Lipinski definition) is 2. The number of benzene rings is 1. The topological polar surface area (TPSA) is 81.8 Å². The molecule has 1 fully saturated rings. The fourth-order valence-electron chi connectivity index (χ4n) is 3.35. The van der Waals surface area contributed by atoms with Crippen LogP contribution in [0.1, 0.15) is 30.2 Å². The molecule has 1 saturated heterocycles. The standard InChI is InChI=1S/C20H28N4O3S2/c1-23(2)18(19-7-6-14-28-19)15-21-20(25)22-16-8-10-17(11-9-16)29(26,27)24-12-4-3-5-13-24/h6-11,14,18H,3-5,12-13,15H2,1-2H3,(H2,21,22,25). The van der Waals surface area contributed by atoms with Crippen molar-refractivity contribution in [3.05, 3.63) is 46.7 Å². The van der Waals surface area contributed by atoms with E-state index >= 15 is 0 Å². The van der Waals surface area contributed by atoms with Crippen molar-refractivity contribution in [3.63, 3.8) is 0 Å². The summed E-state index contributed by atoms with van der Waals surface area (Å²) < 4.78 is 26.9. The van der Waals surface area contributed by atoms with Gasteiger partial charge in [0, 0.05) is 30.2 Å². The summed E-state index contributed by atoms with van der Waals surface area (Å²) in [7, 11) is 0.493. The van der Waals surface area contributed by atoms with E-state index < -0.39 is 10.0 Å². The minimum Gasteiger partial charge on any atom is -0.336 e. The SMILES string of the molecule is CN(C)C(CNC(=O)Nc1ccc(S(=O)(=O)N2CCCCC2)cc1)c1cccs1. The monoisotopic (exact) mass is 436 g/mol. The van der Waals surface area contributed by atoms with Crippen LogP contribution in [0, 0.1) is 0 Å². The maximum absolute atomic E-state index is 12.7. The Bertz CT molecular complexity index is 890. The normalized spacial score (nSPS) is 16.5. The first-order chi connectivity index (χ1) is 13.9. The molecular formula is C20H28N4O3S2. The third-order valence-corrected chi connectivity index (χ3v) is 7.90. The van der Waals surface area contributed by atoms with Gasteiger partial charge >= 0.3 is 6.03 Å². The maximum Gasteiger partial charge on any atom is 0.319 e. The Hall–Kier alpha value is -1.94. The Morgan fingerprint density at radius 2 is 1.83 bits per heavy atom. The molecule has 2 heterocycles. The number of nitrogens with one attached hydrogen (secondary N) is 2. The Morgan fingerprint density at radius 1 is 1.14 bits per heavy atom. The van der Waals surface area contributed by atoms with E-state index in [-0.39, 0.29) is 17.0 Å². The number of urea groups is 1. The van der Waals surface area contributed by atoms with E-state index in [0.29, 0.717) is 25.3 Å². The van der Waals surface area contributed by atoms with Gasteiger partial charge in [-0.3, -0.25) is 0 Å². The number of amides is 2. The van der Waals surface area contributed by atoms with Crippen molar-refractivity contribution >= 4 is 33.1 Å². The number of nitrogens with zero attached hydrogens (tertiary/aromatic N) is 2. The highest BCUT2D eigenvalue weighted by Gasteiger charge is 2.25. The maximum atomic E-state index is 12.7. The third kappa shape index (κ3) is 5.57. The first kappa shape index (κ1) is 21.8. The Morgan fingerprint density at radius 3 is 2.41 bits per heavy atom. The number of likely N-dealkylation sites (N-methyl/N-ethyl adjacent to an activating group) is 1. The van der Waals surface area contributed by atoms with E-state index in [1.54, 1.807) is 35.6 Å². The van der Waals surface area contributed by atoms with Gasteiger partial charge in [0.05, 0.1) is 10.9 Å². The average molecular weight is 437 g/mol. The van der Waals surface area contributed by atoms with Gasteiger partial charge in [-0.1, -0.05) is 12.5 Å². The molecule has 0 bridgehead atoms. The second-order valence-corrected chi connectivity index (χ2v) is 10.2. The van der Waals surface area contributed by atoms with Crippen LogP contribution in [0.5, 0.6) is 0 Å². The number of thiophene rings is 1. The highest BCUT2D eigenvalue weighted by Crippen LogP contribution is 2.23. The predicted molar refractivity (Wildman–Crippen MR) is 117 cm³/mol. The second-order valence-electron chi connectivity index (χ2n) is 7.32. The van der Waals surface area contributed by atoms with E-state index in [0.717, 1.165) is 19.3 Å². The number of anilines is 1. The molecule has 1 atom stereocenters. The fraction of sp³-hybridized carbons (Fsp3) is 0.450. The van der Waals surface area contributed by atoms with Crippen LogP contribution in [0.4, 0.5) is 10.5 Å². The molecule has 2 amide bonds. The van der Waals surface area contributed by atoms with Gasteiger partial charge < -0.3 is 15.5 Å². The highest BCUT2D eigenvalue weighted by atomic mass is 32.2. The van der Waals surface area contributed by atoms with Crippen LogP contribution in [0.25, 0.3) is 0 Å². The van der Waals surface area contributed by atoms with Gasteiger partial charge in [-0.2, -0.15) is 4.31 Å². The lowest BCUT2D eigenvalue weighted by Gasteiger charge is -2.26. The van der Waals surface area contributed by atoms with Crippen molar-refractivity contribution in [1.82, 2.24) is 14.5 Å². The molecule has 1 aromatic carbocycles. The first-order valence-corrected chi connectivity index (χ1v) is 12.0. The molecule has 0 saturated carbocycles. The molecular weight excluding hydrogens is 408 g/mol. The first-order valence-electron chi connectivity index (χ1n) is 9.73. The number of piperidine rings is 1. The molecule has 9 heteroatoms. The lowest BCUT2D eigenvalue weighted by atomic mass is 10.2. The predicted octanol–water partition coefficient (Wildman–Crippen LogP) is 3.35. The fourth-order valence-corrected chi connectivity index (χ4v) is 5.79. The second kappa shape index (κ2) is 9.71. The van der Waals surface area contributed by atoms with Gasteiger partial charge in [-0.15, -0.1) is 11.3 Å². The van der Waals surface area contributed by atoms with Crippen LogP contribution >= 0.6 is 11.3 Å². The van der Waals surface area contributed by atoms with Crippen molar-refractivity contribution in [2.45, 2.75) is 30.2 Å². The summed E-state index contributed by atoms with van der Waals surface area (Å²) in [5.41, 5.74) is 0.553. The molecule has 3 rings (SSSR count). The van der Waals surface area contributed by atoms with Crippen LogP contribution < -0.4 is 10.6 Å². The largest absolute Gasteiger partial charge is 0.336 e. The number of carbonyl (C=O) groups excluding carboxylic acids is 1. The van der Waals surface area contributed by atoms with Crippen LogP contribution in [0.15, 0.2) is 46.7 Å². The van der Waals surface area contributed by atoms with Gasteiger partial charge in [0.15, 0.2) is 0 Å². The van der Waals surface area contributed by atoms with Crippen LogP contribution in [0.3, 0.4) is 0 Å². The van der Waals surface area contributed by atoms with Crippen molar-refractivity contribution < 1.29 is 13.2 Å². The quantitative estimate of drug-likeness (QED) is 0.697. The summed E-state index contributed by atoms with van der Waals surface area (Å²) in [6.07, 6.45) is 2.88. The lowest BCUT2D eigenvalue weighted by molar-refractivity contribution is 0.244. The van der Waals surface area contributed by atoms with E-state index in [9.17, 15) is 13.2 Å². The zero-order valence-corrected chi connectivity index (χ0v) is 18.4. The molecule has 29 heavy (non-hydrogen) atoms. The van der Waals surface area contributed by atoms with Crippen molar-refractivity contribution in [2.24, 2.45) is 0 Å². The molecule has 1 aliphatic heterocycles. The molecule has 2 N–H and O–H groups in total. The molecule has 0 spiro atoms. The lowest BCUT2D eigenvalue weighted by Crippen LogP contribution is -2.36. The minimum atomic E-state index is -3.46. The summed E-state index contributed by atoms with van der Waals surface area (Å²) in [4.78, 5) is 15.8. The average Bonchev–Trinajstić information content (AvgIpc) is 3.23. The van der Waals surface area contributed by atoms with Crippen LogP contribution in [0.2, 0.25) is 0 Å². The molecule has 1 aromatic heterocycles. The Kier molecular flexibility index (Phi) is 7.28. The van der Waals surface area contributed by atoms with Crippen molar-refractivity contribution in [2.75, 3.05) is 39.0 Å². The Labute approximate surface area is 176 Å². The van der Waals surface area contributed by atoms with E-state index in [1.165, 1.54) is 9.18 Å². The van der Waals surface area contributed by atoms with E-state index in [1.807, 2.05) is 25.5 Å². The van der Waals surface area contributed by atoms with Crippen molar-refractivity contribution in [3.8, 4) is 0 Å².